The first kappa shape index (κ1) is 16.5. The number of nitrogens with one attached hydrogen (secondary N) is 1. The fourth-order valence-corrected chi connectivity index (χ4v) is 1.45. The van der Waals surface area contributed by atoms with Crippen LogP contribution < -0.4 is 16.5 Å². The Kier molecular flexibility index (Phi) is 4.80. The van der Waals surface area contributed by atoms with E-state index in [1.807, 2.05) is 0 Å². The number of amides is 2. The number of para-hydroxylation sites is 1. The minimum absolute atomic E-state index is 0.360. The molecule has 0 aliphatic rings. The van der Waals surface area contributed by atoms with E-state index < -0.39 is 24.4 Å². The summed E-state index contributed by atoms with van der Waals surface area (Å²) in [5.41, 5.74) is 3.66. The minimum Gasteiger partial charge on any atom is -0.423 e. The first-order valence-corrected chi connectivity index (χ1v) is 6.28. The van der Waals surface area contributed by atoms with Crippen LogP contribution in [0, 0.1) is 0 Å². The van der Waals surface area contributed by atoms with Crippen molar-refractivity contribution in [2.45, 2.75) is 38.9 Å². The topological polar surface area (TPSA) is 105 Å². The molecule has 0 spiro atoms. The average molecular weight is 280 g/mol. The van der Waals surface area contributed by atoms with E-state index in [-0.39, 0.29) is 0 Å². The Balaban J connectivity index is 2.98. The van der Waals surface area contributed by atoms with Crippen molar-refractivity contribution < 1.29 is 19.6 Å². The summed E-state index contributed by atoms with van der Waals surface area (Å²) in [6.45, 7) is 6.52. The molecular weight excluding hydrogens is 259 g/mol. The van der Waals surface area contributed by atoms with Gasteiger partial charge in [-0.25, -0.2) is 4.79 Å². The third kappa shape index (κ3) is 3.96. The molecule has 0 atom stereocenters. The van der Waals surface area contributed by atoms with Crippen LogP contribution in [0.4, 0.5) is 10.5 Å². The molecule has 6 nitrogen and oxygen atoms in total. The standard InChI is InChI=1S/C13H21BN2O4/c1-12(2,18)13(3,4)20-14(19)9-7-5-6-8-10(9)16-11(15)17/h5-8,18-19H,1-4H3,(H3,15,16,17). The van der Waals surface area contributed by atoms with Crippen LogP contribution in [0.25, 0.3) is 0 Å². The summed E-state index contributed by atoms with van der Waals surface area (Å²) in [6, 6.07) is 5.87. The predicted molar refractivity (Wildman–Crippen MR) is 78.7 cm³/mol. The molecule has 110 valence electrons. The van der Waals surface area contributed by atoms with Crippen LogP contribution in [-0.2, 0) is 4.65 Å². The Morgan fingerprint density at radius 1 is 1.30 bits per heavy atom. The van der Waals surface area contributed by atoms with Gasteiger partial charge in [-0.1, -0.05) is 18.2 Å². The zero-order chi connectivity index (χ0) is 15.6. The number of urea groups is 1. The Labute approximate surface area is 119 Å². The number of hydrogen-bond donors (Lipinski definition) is 4. The van der Waals surface area contributed by atoms with Crippen LogP contribution in [0.3, 0.4) is 0 Å². The summed E-state index contributed by atoms with van der Waals surface area (Å²) in [7, 11) is -1.31. The number of nitrogens with two attached hydrogens (primary N) is 1. The SMILES string of the molecule is CC(C)(O)C(C)(C)OB(O)c1ccccc1NC(N)=O. The largest absolute Gasteiger partial charge is 0.493 e. The molecule has 0 aliphatic carbocycles. The highest BCUT2D eigenvalue weighted by atomic mass is 16.5. The van der Waals surface area contributed by atoms with Crippen LogP contribution in [0.2, 0.25) is 0 Å². The van der Waals surface area contributed by atoms with Crippen LogP contribution in [0.5, 0.6) is 0 Å². The van der Waals surface area contributed by atoms with Crippen molar-refractivity contribution in [3.8, 4) is 0 Å². The molecule has 5 N–H and O–H groups in total. The van der Waals surface area contributed by atoms with Crippen molar-refractivity contribution in [1.82, 2.24) is 0 Å². The third-order valence-corrected chi connectivity index (χ3v) is 3.36. The highest BCUT2D eigenvalue weighted by Crippen LogP contribution is 2.25. The van der Waals surface area contributed by atoms with E-state index >= 15 is 0 Å². The van der Waals surface area contributed by atoms with E-state index in [1.165, 1.54) is 0 Å². The van der Waals surface area contributed by atoms with Crippen molar-refractivity contribution in [2.75, 3.05) is 5.32 Å². The summed E-state index contributed by atoms with van der Waals surface area (Å²) in [5.74, 6) is 0. The van der Waals surface area contributed by atoms with Crippen molar-refractivity contribution in [2.24, 2.45) is 5.73 Å². The van der Waals surface area contributed by atoms with Gasteiger partial charge in [0.05, 0.1) is 11.2 Å². The van der Waals surface area contributed by atoms with Gasteiger partial charge in [-0.2, -0.15) is 0 Å². The number of benzene rings is 1. The van der Waals surface area contributed by atoms with Crippen LogP contribution >= 0.6 is 0 Å². The van der Waals surface area contributed by atoms with Gasteiger partial charge in [0.15, 0.2) is 0 Å². The maximum absolute atomic E-state index is 10.9. The molecule has 0 heterocycles. The molecular formula is C13H21BN2O4. The highest BCUT2D eigenvalue weighted by Gasteiger charge is 2.40. The molecule has 0 aromatic heterocycles. The molecule has 20 heavy (non-hydrogen) atoms. The second-order valence-corrected chi connectivity index (χ2v) is 5.62. The number of primary amides is 1. The van der Waals surface area contributed by atoms with Gasteiger partial charge in [-0.15, -0.1) is 0 Å². The number of carbonyl (C=O) groups is 1. The maximum Gasteiger partial charge on any atom is 0.493 e. The number of carbonyl (C=O) groups excluding carboxylic acids is 1. The van der Waals surface area contributed by atoms with Gasteiger partial charge in [0, 0.05) is 11.2 Å². The number of anilines is 1. The van der Waals surface area contributed by atoms with Gasteiger partial charge in [0.25, 0.3) is 0 Å². The number of hydrogen-bond acceptors (Lipinski definition) is 4. The summed E-state index contributed by atoms with van der Waals surface area (Å²) in [4.78, 5) is 10.9. The molecule has 1 aromatic rings. The summed E-state index contributed by atoms with van der Waals surface area (Å²) >= 11 is 0. The van der Waals surface area contributed by atoms with E-state index in [2.05, 4.69) is 5.32 Å². The highest BCUT2D eigenvalue weighted by molar-refractivity contribution is 6.62. The van der Waals surface area contributed by atoms with E-state index in [1.54, 1.807) is 52.0 Å². The van der Waals surface area contributed by atoms with E-state index in [0.717, 1.165) is 0 Å². The quantitative estimate of drug-likeness (QED) is 0.587. The molecule has 1 aromatic carbocycles. The monoisotopic (exact) mass is 280 g/mol. The van der Waals surface area contributed by atoms with Crippen molar-refractivity contribution in [3.05, 3.63) is 24.3 Å². The van der Waals surface area contributed by atoms with Crippen LogP contribution in [-0.4, -0.2) is 34.5 Å². The van der Waals surface area contributed by atoms with E-state index in [9.17, 15) is 14.9 Å². The van der Waals surface area contributed by atoms with Gasteiger partial charge in [0.1, 0.15) is 0 Å². The molecule has 0 bridgehead atoms. The van der Waals surface area contributed by atoms with Gasteiger partial charge in [-0.3, -0.25) is 0 Å². The second kappa shape index (κ2) is 5.82. The fraction of sp³-hybridized carbons (Fsp3) is 0.462. The minimum atomic E-state index is -1.31. The van der Waals surface area contributed by atoms with Gasteiger partial charge < -0.3 is 25.8 Å². The van der Waals surface area contributed by atoms with Crippen molar-refractivity contribution >= 4 is 24.3 Å². The number of rotatable bonds is 5. The van der Waals surface area contributed by atoms with Gasteiger partial charge in [-0.05, 0) is 33.8 Å². The lowest BCUT2D eigenvalue weighted by atomic mass is 9.75. The Morgan fingerprint density at radius 3 is 2.35 bits per heavy atom. The Bertz CT molecular complexity index is 486. The maximum atomic E-state index is 10.9. The van der Waals surface area contributed by atoms with E-state index in [0.29, 0.717) is 11.2 Å². The summed E-state index contributed by atoms with van der Waals surface area (Å²) < 4.78 is 5.52. The van der Waals surface area contributed by atoms with Crippen LogP contribution in [0.15, 0.2) is 24.3 Å². The second-order valence-electron chi connectivity index (χ2n) is 5.62. The summed E-state index contributed by atoms with van der Waals surface area (Å²) in [6.07, 6.45) is 0. The Morgan fingerprint density at radius 2 is 1.85 bits per heavy atom. The molecule has 0 fully saturated rings. The third-order valence-electron chi connectivity index (χ3n) is 3.36. The fourth-order valence-electron chi connectivity index (χ4n) is 1.45. The molecule has 0 saturated heterocycles. The molecule has 2 amide bonds. The molecule has 0 aliphatic heterocycles. The summed E-state index contributed by atoms with van der Waals surface area (Å²) in [5, 5.41) is 22.6. The van der Waals surface area contributed by atoms with E-state index in [4.69, 9.17) is 10.4 Å². The lowest BCUT2D eigenvalue weighted by Crippen LogP contribution is -2.53. The average Bonchev–Trinajstić information content (AvgIpc) is 2.26. The first-order chi connectivity index (χ1) is 9.04. The predicted octanol–water partition coefficient (Wildman–Crippen LogP) is 0.431. The number of aliphatic hydroxyl groups is 1. The normalized spacial score (nSPS) is 12.1. The molecule has 1 rings (SSSR count). The molecule has 0 unspecified atom stereocenters. The first-order valence-electron chi connectivity index (χ1n) is 6.28. The Hall–Kier alpha value is -1.57. The molecule has 0 saturated carbocycles. The zero-order valence-corrected chi connectivity index (χ0v) is 12.2. The lowest BCUT2D eigenvalue weighted by molar-refractivity contribution is -0.0982. The van der Waals surface area contributed by atoms with Crippen LogP contribution in [0.1, 0.15) is 27.7 Å². The lowest BCUT2D eigenvalue weighted by Gasteiger charge is -2.38. The van der Waals surface area contributed by atoms with Gasteiger partial charge in [0.2, 0.25) is 0 Å². The zero-order valence-electron chi connectivity index (χ0n) is 12.2. The smallest absolute Gasteiger partial charge is 0.423 e. The van der Waals surface area contributed by atoms with Gasteiger partial charge >= 0.3 is 13.1 Å². The van der Waals surface area contributed by atoms with Crippen molar-refractivity contribution in [3.63, 3.8) is 0 Å². The van der Waals surface area contributed by atoms with Crippen molar-refractivity contribution in [1.29, 1.82) is 0 Å². The molecule has 7 heteroatoms. The molecule has 0 radical (unpaired) electrons.